The maximum atomic E-state index is 11.6. The Morgan fingerprint density at radius 3 is 2.59 bits per heavy atom. The van der Waals surface area contributed by atoms with Crippen molar-refractivity contribution in [3.05, 3.63) is 93.9 Å². The largest absolute Gasteiger partial charge is 0.489 e. The number of rotatable bonds is 9. The number of para-hydroxylation sites is 1. The van der Waals surface area contributed by atoms with Gasteiger partial charge in [-0.05, 0) is 57.4 Å². The molecular weight excluding hydrogens is 498 g/mol. The third-order valence-electron chi connectivity index (χ3n) is 4.85. The molecule has 0 spiro atoms. The van der Waals surface area contributed by atoms with Gasteiger partial charge in [0.2, 0.25) is 0 Å². The summed E-state index contributed by atoms with van der Waals surface area (Å²) < 4.78 is 23.3. The molecule has 0 radical (unpaired) electrons. The second-order valence-corrected chi connectivity index (χ2v) is 8.07. The monoisotopic (exact) mass is 525 g/mol. The van der Waals surface area contributed by atoms with Crippen LogP contribution in [0.2, 0.25) is 0 Å². The van der Waals surface area contributed by atoms with E-state index in [9.17, 15) is 4.79 Å². The van der Waals surface area contributed by atoms with E-state index >= 15 is 0 Å². The van der Waals surface area contributed by atoms with Gasteiger partial charge in [0, 0.05) is 23.3 Å². The van der Waals surface area contributed by atoms with Crippen LogP contribution >= 0.6 is 15.9 Å². The zero-order chi connectivity index (χ0) is 24.3. The van der Waals surface area contributed by atoms with Crippen LogP contribution in [0.1, 0.15) is 36.3 Å². The van der Waals surface area contributed by atoms with Crippen LogP contribution in [0.15, 0.2) is 75.9 Å². The predicted molar refractivity (Wildman–Crippen MR) is 134 cm³/mol. The number of esters is 1. The first-order valence-electron chi connectivity index (χ1n) is 11.1. The second-order valence-electron chi connectivity index (χ2n) is 7.21. The number of halogens is 1. The first kappa shape index (κ1) is 25.5. The molecule has 0 bridgehead atoms. The van der Waals surface area contributed by atoms with E-state index in [1.165, 1.54) is 7.11 Å². The number of benzene rings is 2. The van der Waals surface area contributed by atoms with Crippen molar-refractivity contribution in [1.29, 1.82) is 0 Å². The maximum absolute atomic E-state index is 11.6. The molecule has 0 amide bonds. The minimum absolute atomic E-state index is 0.166. The quantitative estimate of drug-likeness (QED) is 0.228. The normalized spacial score (nSPS) is 10.5. The lowest BCUT2D eigenvalue weighted by Crippen LogP contribution is -2.06. The SMILES string of the molecule is CC.COC(=O)Cc1ccccc1OCc1cc(Br)c2oc(COCc3cccnc3)cc2c1. The van der Waals surface area contributed by atoms with E-state index in [0.29, 0.717) is 25.6 Å². The fourth-order valence-corrected chi connectivity index (χ4v) is 3.91. The molecular formula is C27H28BrNO5. The van der Waals surface area contributed by atoms with Crippen LogP contribution < -0.4 is 4.74 Å². The van der Waals surface area contributed by atoms with Crippen molar-refractivity contribution in [2.45, 2.75) is 40.1 Å². The molecule has 7 heteroatoms. The number of carbonyl (C=O) groups is 1. The van der Waals surface area contributed by atoms with Gasteiger partial charge in [0.1, 0.15) is 30.3 Å². The standard InChI is InChI=1S/C25H22BrNO5.C2H6/c1-29-24(28)12-19-6-2-3-7-23(19)31-15-18-9-20-11-21(32-25(20)22(26)10-18)16-30-14-17-5-4-8-27-13-17;1-2/h2-11,13H,12,14-16H2,1H3;1-2H3. The third kappa shape index (κ3) is 6.92. The lowest BCUT2D eigenvalue weighted by Gasteiger charge is -2.11. The van der Waals surface area contributed by atoms with Crippen LogP contribution in [0.5, 0.6) is 5.75 Å². The smallest absolute Gasteiger partial charge is 0.310 e. The van der Waals surface area contributed by atoms with E-state index in [-0.39, 0.29) is 12.4 Å². The lowest BCUT2D eigenvalue weighted by atomic mass is 10.1. The van der Waals surface area contributed by atoms with Gasteiger partial charge in [0.15, 0.2) is 0 Å². The Bertz CT molecular complexity index is 1210. The number of furan rings is 1. The summed E-state index contributed by atoms with van der Waals surface area (Å²) in [5.41, 5.74) is 3.54. The molecule has 0 aliphatic rings. The molecule has 0 N–H and O–H groups in total. The third-order valence-corrected chi connectivity index (χ3v) is 5.44. The van der Waals surface area contributed by atoms with Crippen molar-refractivity contribution in [3.8, 4) is 5.75 Å². The zero-order valence-electron chi connectivity index (χ0n) is 19.5. The van der Waals surface area contributed by atoms with Gasteiger partial charge < -0.3 is 18.6 Å². The van der Waals surface area contributed by atoms with E-state index in [2.05, 4.69) is 20.9 Å². The Balaban J connectivity index is 0.00000158. The van der Waals surface area contributed by atoms with E-state index < -0.39 is 0 Å². The Morgan fingerprint density at radius 2 is 1.82 bits per heavy atom. The van der Waals surface area contributed by atoms with Crippen molar-refractivity contribution < 1.29 is 23.4 Å². The number of hydrogen-bond donors (Lipinski definition) is 0. The summed E-state index contributed by atoms with van der Waals surface area (Å²) in [6.45, 7) is 5.18. The van der Waals surface area contributed by atoms with Crippen LogP contribution in [0.4, 0.5) is 0 Å². The molecule has 178 valence electrons. The summed E-state index contributed by atoms with van der Waals surface area (Å²) >= 11 is 3.59. The number of methoxy groups -OCH3 is 1. The van der Waals surface area contributed by atoms with Gasteiger partial charge in [-0.3, -0.25) is 9.78 Å². The molecule has 4 rings (SSSR count). The van der Waals surface area contributed by atoms with Crippen molar-refractivity contribution in [1.82, 2.24) is 4.98 Å². The van der Waals surface area contributed by atoms with Gasteiger partial charge in [0.25, 0.3) is 0 Å². The highest BCUT2D eigenvalue weighted by Crippen LogP contribution is 2.30. The number of hydrogen-bond acceptors (Lipinski definition) is 6. The molecule has 0 saturated heterocycles. The number of pyridine rings is 1. The molecule has 0 atom stereocenters. The number of carbonyl (C=O) groups excluding carboxylic acids is 1. The molecule has 34 heavy (non-hydrogen) atoms. The molecule has 2 aromatic heterocycles. The molecule has 0 unspecified atom stereocenters. The van der Waals surface area contributed by atoms with E-state index in [1.807, 2.05) is 68.4 Å². The number of fused-ring (bicyclic) bond motifs is 1. The highest BCUT2D eigenvalue weighted by Gasteiger charge is 2.12. The van der Waals surface area contributed by atoms with Crippen LogP contribution in [0.25, 0.3) is 11.0 Å². The van der Waals surface area contributed by atoms with Gasteiger partial charge in [-0.25, -0.2) is 0 Å². The maximum Gasteiger partial charge on any atom is 0.310 e. The fourth-order valence-electron chi connectivity index (χ4n) is 3.31. The Labute approximate surface area is 208 Å². The summed E-state index contributed by atoms with van der Waals surface area (Å²) in [6, 6.07) is 17.3. The molecule has 2 aromatic carbocycles. The van der Waals surface area contributed by atoms with Gasteiger partial charge >= 0.3 is 5.97 Å². The summed E-state index contributed by atoms with van der Waals surface area (Å²) in [5.74, 6) is 1.10. The second kappa shape index (κ2) is 12.9. The fraction of sp³-hybridized carbons (Fsp3) is 0.259. The minimum Gasteiger partial charge on any atom is -0.489 e. The van der Waals surface area contributed by atoms with Crippen LogP contribution in [-0.4, -0.2) is 18.1 Å². The average molecular weight is 526 g/mol. The number of ether oxygens (including phenoxy) is 3. The van der Waals surface area contributed by atoms with Crippen molar-refractivity contribution >= 4 is 32.9 Å². The summed E-state index contributed by atoms with van der Waals surface area (Å²) in [5, 5.41) is 0.959. The van der Waals surface area contributed by atoms with E-state index in [1.54, 1.807) is 12.4 Å². The highest BCUT2D eigenvalue weighted by atomic mass is 79.9. The van der Waals surface area contributed by atoms with Crippen LogP contribution in [0, 0.1) is 0 Å². The average Bonchev–Trinajstić information content (AvgIpc) is 3.29. The van der Waals surface area contributed by atoms with Crippen LogP contribution in [0.3, 0.4) is 0 Å². The zero-order valence-corrected chi connectivity index (χ0v) is 21.1. The van der Waals surface area contributed by atoms with E-state index in [0.717, 1.165) is 37.9 Å². The number of aromatic nitrogens is 1. The predicted octanol–water partition coefficient (Wildman–Crippen LogP) is 6.63. The molecule has 0 fully saturated rings. The summed E-state index contributed by atoms with van der Waals surface area (Å²) in [4.78, 5) is 15.7. The number of nitrogens with zero attached hydrogens (tertiary/aromatic N) is 1. The first-order chi connectivity index (χ1) is 16.6. The summed E-state index contributed by atoms with van der Waals surface area (Å²) in [7, 11) is 1.38. The van der Waals surface area contributed by atoms with Crippen LogP contribution in [-0.2, 0) is 40.5 Å². The van der Waals surface area contributed by atoms with E-state index in [4.69, 9.17) is 18.6 Å². The van der Waals surface area contributed by atoms with Gasteiger partial charge in [-0.15, -0.1) is 0 Å². The molecule has 0 saturated carbocycles. The first-order valence-corrected chi connectivity index (χ1v) is 11.9. The minimum atomic E-state index is -0.304. The lowest BCUT2D eigenvalue weighted by molar-refractivity contribution is -0.139. The highest BCUT2D eigenvalue weighted by molar-refractivity contribution is 9.10. The molecule has 0 aliphatic heterocycles. The Morgan fingerprint density at radius 1 is 1.00 bits per heavy atom. The summed E-state index contributed by atoms with van der Waals surface area (Å²) in [6.07, 6.45) is 3.68. The van der Waals surface area contributed by atoms with Gasteiger partial charge in [-0.1, -0.05) is 38.1 Å². The van der Waals surface area contributed by atoms with Gasteiger partial charge in [0.05, 0.1) is 24.6 Å². The van der Waals surface area contributed by atoms with Crippen molar-refractivity contribution in [2.75, 3.05) is 7.11 Å². The van der Waals surface area contributed by atoms with Crippen molar-refractivity contribution in [3.63, 3.8) is 0 Å². The topological polar surface area (TPSA) is 70.8 Å². The Kier molecular flexibility index (Phi) is 9.67. The molecule has 6 nitrogen and oxygen atoms in total. The Hall–Kier alpha value is -3.16. The van der Waals surface area contributed by atoms with Crippen molar-refractivity contribution in [2.24, 2.45) is 0 Å². The molecule has 2 heterocycles. The molecule has 4 aromatic rings. The van der Waals surface area contributed by atoms with Gasteiger partial charge in [-0.2, -0.15) is 0 Å². The molecule has 0 aliphatic carbocycles.